The number of aromatic nitrogens is 2. The number of hydrogen-bond acceptors (Lipinski definition) is 4. The molecule has 4 saturated carbocycles. The Morgan fingerprint density at radius 2 is 1.43 bits per heavy atom. The van der Waals surface area contributed by atoms with E-state index < -0.39 is 0 Å². The van der Waals surface area contributed by atoms with Crippen LogP contribution in [0.4, 0.5) is 22.7 Å². The van der Waals surface area contributed by atoms with Gasteiger partial charge in [0, 0.05) is 40.4 Å². The summed E-state index contributed by atoms with van der Waals surface area (Å²) in [6, 6.07) is 55.4. The molecule has 0 radical (unpaired) electrons. The van der Waals surface area contributed by atoms with Gasteiger partial charge in [-0.1, -0.05) is 99.6 Å². The average Bonchev–Trinajstić information content (AvgIpc) is 3.61. The lowest BCUT2D eigenvalue weighted by Gasteiger charge is -2.67. The maximum absolute atomic E-state index is 6.78. The molecule has 13 rings (SSSR count). The van der Waals surface area contributed by atoms with E-state index in [0.717, 1.165) is 51.8 Å². The summed E-state index contributed by atoms with van der Waals surface area (Å²) >= 11 is 0. The first-order valence-electron chi connectivity index (χ1n) is 21.9. The number of pyridine rings is 1. The normalized spacial score (nSPS) is 24.5. The minimum Gasteiger partial charge on any atom is -0.457 e. The summed E-state index contributed by atoms with van der Waals surface area (Å²) in [7, 11) is 0. The quantitative estimate of drug-likeness (QED) is 0.161. The van der Waals surface area contributed by atoms with Gasteiger partial charge in [-0.3, -0.25) is 4.57 Å². The van der Waals surface area contributed by atoms with Crippen LogP contribution in [0.3, 0.4) is 0 Å². The Morgan fingerprint density at radius 1 is 0.650 bits per heavy atom. The molecule has 0 saturated heterocycles. The summed E-state index contributed by atoms with van der Waals surface area (Å²) in [5.41, 5.74) is 13.5. The third kappa shape index (κ3) is 4.83. The van der Waals surface area contributed by atoms with Crippen molar-refractivity contribution in [3.05, 3.63) is 169 Å². The van der Waals surface area contributed by atoms with E-state index in [1.54, 1.807) is 5.56 Å². The van der Waals surface area contributed by atoms with Crippen molar-refractivity contribution in [1.29, 1.82) is 0 Å². The van der Waals surface area contributed by atoms with E-state index >= 15 is 0 Å². The van der Waals surface area contributed by atoms with E-state index in [2.05, 4.69) is 187 Å². The fraction of sp³-hybridized carbons (Fsp3) is 0.255. The number of fused-ring (bicyclic) bond motifs is 4. The first kappa shape index (κ1) is 34.5. The highest BCUT2D eigenvalue weighted by Gasteiger charge is 2.84. The summed E-state index contributed by atoms with van der Waals surface area (Å²) < 4.78 is 9.05. The van der Waals surface area contributed by atoms with Gasteiger partial charge in [0.15, 0.2) is 0 Å². The van der Waals surface area contributed by atoms with Crippen LogP contribution in [0.2, 0.25) is 0 Å². The van der Waals surface area contributed by atoms with E-state index in [9.17, 15) is 0 Å². The van der Waals surface area contributed by atoms with Crippen molar-refractivity contribution >= 4 is 44.6 Å². The van der Waals surface area contributed by atoms with Crippen LogP contribution < -0.4 is 14.5 Å². The molecular weight excluding hydrogens is 733 g/mol. The molecule has 4 fully saturated rings. The van der Waals surface area contributed by atoms with Gasteiger partial charge < -0.3 is 14.5 Å². The van der Waals surface area contributed by atoms with Crippen molar-refractivity contribution in [2.75, 3.05) is 16.5 Å². The smallest absolute Gasteiger partial charge is 0.137 e. The molecule has 6 aromatic carbocycles. The highest BCUT2D eigenvalue weighted by molar-refractivity contribution is 6.09. The lowest BCUT2D eigenvalue weighted by atomic mass is 9.37. The third-order valence-corrected chi connectivity index (χ3v) is 15.4. The van der Waals surface area contributed by atoms with Gasteiger partial charge in [0.2, 0.25) is 0 Å². The molecule has 4 aliphatic carbocycles. The Labute approximate surface area is 351 Å². The minimum atomic E-state index is 0.00602. The molecule has 2 aromatic heterocycles. The molecule has 294 valence electrons. The van der Waals surface area contributed by atoms with Gasteiger partial charge in [-0.25, -0.2) is 4.98 Å². The van der Waals surface area contributed by atoms with Crippen LogP contribution in [0.15, 0.2) is 158 Å². The summed E-state index contributed by atoms with van der Waals surface area (Å²) in [6.07, 6.45) is 7.70. The monoisotopic (exact) mass is 780 g/mol. The highest BCUT2D eigenvalue weighted by atomic mass is 16.5. The molecule has 5 unspecified atom stereocenters. The molecule has 3 heterocycles. The molecule has 5 nitrogen and oxygen atoms in total. The molecule has 1 spiro atoms. The number of anilines is 4. The van der Waals surface area contributed by atoms with Crippen LogP contribution in [-0.2, 0) is 10.8 Å². The van der Waals surface area contributed by atoms with Crippen LogP contribution in [0, 0.1) is 23.2 Å². The lowest BCUT2D eigenvalue weighted by molar-refractivity contribution is -0.113. The standard InChI is InChI=1S/C55H48N4O/c1-53(2,3)37-24-25-56-51(28-37)59-46-17-8-7-16-44(46)45-23-21-42(30-50(45)59)60-41-15-11-14-40(29-41)57-34-58(48-19-10-9-18-47(48)57)49-27-38(20-22-43(49)35-12-5-4-6-13-35)54-31-36-26-39-32-55(39,33-54)52(36)54/h4-25,27-30,36,39,52H,26,31-34H2,1-3H3. The second-order valence-corrected chi connectivity index (χ2v) is 19.5. The molecule has 0 bridgehead atoms. The second kappa shape index (κ2) is 12.1. The van der Waals surface area contributed by atoms with Gasteiger partial charge in [0.05, 0.1) is 28.1 Å². The SMILES string of the molecule is CC(C)(C)c1ccnc(-n2c3ccccc3c3ccc(Oc4cccc(N5CN(c6cc(C78CC9CC%10CC%10(C7)C98)ccc6-c6ccccc6)c6ccccc65)c4)cc32)c1. The largest absolute Gasteiger partial charge is 0.457 e. The van der Waals surface area contributed by atoms with Crippen molar-refractivity contribution in [3.8, 4) is 28.4 Å². The van der Waals surface area contributed by atoms with Gasteiger partial charge >= 0.3 is 0 Å². The maximum atomic E-state index is 6.78. The number of para-hydroxylation sites is 3. The van der Waals surface area contributed by atoms with Crippen molar-refractivity contribution in [3.63, 3.8) is 0 Å². The van der Waals surface area contributed by atoms with E-state index in [4.69, 9.17) is 9.72 Å². The summed E-state index contributed by atoms with van der Waals surface area (Å²) in [5.74, 6) is 5.40. The average molecular weight is 781 g/mol. The number of rotatable bonds is 7. The lowest BCUT2D eigenvalue weighted by Crippen LogP contribution is -2.63. The molecule has 5 aliphatic rings. The number of ether oxygens (including phenoxy) is 1. The Hall–Kier alpha value is -6.33. The maximum Gasteiger partial charge on any atom is 0.137 e. The molecule has 1 aliphatic heterocycles. The molecule has 5 heteroatoms. The van der Waals surface area contributed by atoms with Crippen molar-refractivity contribution in [1.82, 2.24) is 9.55 Å². The Balaban J connectivity index is 0.858. The fourth-order valence-electron chi connectivity index (χ4n) is 12.8. The van der Waals surface area contributed by atoms with E-state index in [1.807, 2.05) is 6.20 Å². The predicted molar refractivity (Wildman–Crippen MR) is 244 cm³/mol. The first-order valence-corrected chi connectivity index (χ1v) is 21.9. The Bertz CT molecular complexity index is 3050. The Morgan fingerprint density at radius 3 is 2.28 bits per heavy atom. The molecule has 60 heavy (non-hydrogen) atoms. The summed E-state index contributed by atoms with van der Waals surface area (Å²) in [5, 5.41) is 2.38. The molecule has 8 aromatic rings. The van der Waals surface area contributed by atoms with Gasteiger partial charge in [-0.05, 0) is 137 Å². The topological polar surface area (TPSA) is 33.5 Å². The van der Waals surface area contributed by atoms with Crippen LogP contribution >= 0.6 is 0 Å². The number of nitrogens with zero attached hydrogens (tertiary/aromatic N) is 4. The zero-order valence-electron chi connectivity index (χ0n) is 34.5. The van der Waals surface area contributed by atoms with E-state index in [0.29, 0.717) is 17.5 Å². The fourth-order valence-corrected chi connectivity index (χ4v) is 12.8. The zero-order chi connectivity index (χ0) is 40.0. The first-order chi connectivity index (χ1) is 29.3. The Kier molecular flexibility index (Phi) is 6.98. The summed E-state index contributed by atoms with van der Waals surface area (Å²) in [4.78, 5) is 9.89. The number of hydrogen-bond donors (Lipinski definition) is 0. The highest BCUT2D eigenvalue weighted by Crippen LogP contribution is 2.90. The molecule has 0 N–H and O–H groups in total. The molecule has 5 atom stereocenters. The van der Waals surface area contributed by atoms with E-state index in [-0.39, 0.29) is 5.41 Å². The van der Waals surface area contributed by atoms with Crippen LogP contribution in [0.1, 0.15) is 57.6 Å². The second-order valence-electron chi connectivity index (χ2n) is 19.5. The van der Waals surface area contributed by atoms with Crippen molar-refractivity contribution < 1.29 is 4.74 Å². The van der Waals surface area contributed by atoms with Crippen molar-refractivity contribution in [2.45, 2.75) is 57.3 Å². The number of benzene rings is 6. The van der Waals surface area contributed by atoms with Crippen LogP contribution in [-0.4, -0.2) is 16.2 Å². The minimum absolute atomic E-state index is 0.00602. The summed E-state index contributed by atoms with van der Waals surface area (Å²) in [6.45, 7) is 7.46. The zero-order valence-corrected chi connectivity index (χ0v) is 34.5. The van der Waals surface area contributed by atoms with Gasteiger partial charge in [0.25, 0.3) is 0 Å². The molecule has 0 amide bonds. The van der Waals surface area contributed by atoms with Gasteiger partial charge in [-0.2, -0.15) is 0 Å². The predicted octanol–water partition coefficient (Wildman–Crippen LogP) is 13.9. The van der Waals surface area contributed by atoms with Gasteiger partial charge in [-0.15, -0.1) is 0 Å². The van der Waals surface area contributed by atoms with Crippen LogP contribution in [0.25, 0.3) is 38.8 Å². The third-order valence-electron chi connectivity index (χ3n) is 15.4. The van der Waals surface area contributed by atoms with Gasteiger partial charge in [0.1, 0.15) is 24.0 Å². The van der Waals surface area contributed by atoms with Crippen molar-refractivity contribution in [2.24, 2.45) is 23.2 Å². The van der Waals surface area contributed by atoms with Crippen LogP contribution in [0.5, 0.6) is 11.5 Å². The molecular formula is C55H48N4O. The van der Waals surface area contributed by atoms with E-state index in [1.165, 1.54) is 70.2 Å².